The highest BCUT2D eigenvalue weighted by Gasteiger charge is 2.19. The van der Waals surface area contributed by atoms with Gasteiger partial charge in [0.05, 0.1) is 11.9 Å². The molecule has 1 fully saturated rings. The lowest BCUT2D eigenvalue weighted by atomic mass is 10.2. The lowest BCUT2D eigenvalue weighted by Crippen LogP contribution is -2.34. The van der Waals surface area contributed by atoms with Crippen LogP contribution in [0.4, 0.5) is 5.69 Å². The Labute approximate surface area is 133 Å². The second kappa shape index (κ2) is 7.86. The van der Waals surface area contributed by atoms with Crippen LogP contribution in [-0.4, -0.2) is 44.9 Å². The van der Waals surface area contributed by atoms with Gasteiger partial charge < -0.3 is 10.7 Å². The molecule has 1 saturated heterocycles. The summed E-state index contributed by atoms with van der Waals surface area (Å²) in [5.74, 6) is 9.45. The van der Waals surface area contributed by atoms with Crippen LogP contribution in [0.15, 0.2) is 6.20 Å². The molecule has 0 radical (unpaired) electrons. The van der Waals surface area contributed by atoms with Gasteiger partial charge in [-0.15, -0.1) is 0 Å². The minimum absolute atomic E-state index is 0.161. The van der Waals surface area contributed by atoms with Crippen molar-refractivity contribution in [1.29, 1.82) is 0 Å². The van der Waals surface area contributed by atoms with Crippen molar-refractivity contribution < 1.29 is 4.79 Å². The average molecular weight is 327 g/mol. The van der Waals surface area contributed by atoms with Crippen molar-refractivity contribution >= 4 is 35.1 Å². The number of thioether (sulfide) groups is 2. The summed E-state index contributed by atoms with van der Waals surface area (Å²) in [6.07, 6.45) is 1.56. The Kier molecular flexibility index (Phi) is 6.13. The maximum atomic E-state index is 12.3. The topological polar surface area (TPSA) is 92.9 Å². The van der Waals surface area contributed by atoms with Crippen LogP contribution in [0.25, 0.3) is 0 Å². The van der Waals surface area contributed by atoms with Crippen molar-refractivity contribution in [2.45, 2.75) is 25.0 Å². The number of nitrogens with one attached hydrogen (secondary N) is 2. The number of rotatable bonds is 5. The number of aromatic nitrogens is 2. The molecule has 2 rings (SSSR count). The summed E-state index contributed by atoms with van der Waals surface area (Å²) in [4.78, 5) is 20.9. The normalized spacial score (nSPS) is 18.6. The molecule has 1 aromatic rings. The number of nitrogens with zero attached hydrogens (tertiary/aromatic N) is 2. The van der Waals surface area contributed by atoms with Crippen molar-refractivity contribution in [1.82, 2.24) is 15.3 Å². The van der Waals surface area contributed by atoms with Crippen molar-refractivity contribution in [2.75, 3.05) is 29.2 Å². The molecule has 1 aliphatic heterocycles. The summed E-state index contributed by atoms with van der Waals surface area (Å²) in [6.45, 7) is 4.63. The highest BCUT2D eigenvalue weighted by atomic mass is 32.2. The fourth-order valence-electron chi connectivity index (χ4n) is 1.90. The largest absolute Gasteiger partial charge is 0.349 e. The standard InChI is InChI=1S/C13H21N5OS2/c1-8(2)12-15-6-10(18-14)11(17-12)13(19)16-5-9-7-20-3-4-21-9/h6,8-9,18H,3-5,7,14H2,1-2H3,(H,16,19). The van der Waals surface area contributed by atoms with E-state index in [2.05, 4.69) is 20.7 Å². The summed E-state index contributed by atoms with van der Waals surface area (Å²) in [5.41, 5.74) is 3.24. The van der Waals surface area contributed by atoms with E-state index in [4.69, 9.17) is 5.84 Å². The van der Waals surface area contributed by atoms with E-state index in [9.17, 15) is 4.79 Å². The molecule has 1 atom stereocenters. The number of amides is 1. The van der Waals surface area contributed by atoms with Crippen LogP contribution < -0.4 is 16.6 Å². The Hall–Kier alpha value is -0.990. The third-order valence-electron chi connectivity index (χ3n) is 3.07. The molecule has 21 heavy (non-hydrogen) atoms. The summed E-state index contributed by atoms with van der Waals surface area (Å²) >= 11 is 3.84. The quantitative estimate of drug-likeness (QED) is 0.557. The number of carbonyl (C=O) groups excluding carboxylic acids is 1. The van der Waals surface area contributed by atoms with Crippen LogP contribution in [0, 0.1) is 0 Å². The lowest BCUT2D eigenvalue weighted by Gasteiger charge is -2.21. The Balaban J connectivity index is 2.04. The van der Waals surface area contributed by atoms with Crippen molar-refractivity contribution in [3.63, 3.8) is 0 Å². The Morgan fingerprint density at radius 3 is 2.95 bits per heavy atom. The van der Waals surface area contributed by atoms with Gasteiger partial charge in [-0.3, -0.25) is 10.6 Å². The van der Waals surface area contributed by atoms with E-state index in [-0.39, 0.29) is 11.8 Å². The smallest absolute Gasteiger partial charge is 0.272 e. The number of hydrogen-bond donors (Lipinski definition) is 3. The molecule has 0 saturated carbocycles. The monoisotopic (exact) mass is 327 g/mol. The van der Waals surface area contributed by atoms with Crippen LogP contribution in [0.3, 0.4) is 0 Å². The van der Waals surface area contributed by atoms with Crippen molar-refractivity contribution in [2.24, 2.45) is 5.84 Å². The number of nitrogens with two attached hydrogens (primary N) is 1. The number of carbonyl (C=O) groups is 1. The van der Waals surface area contributed by atoms with Crippen LogP contribution in [0.2, 0.25) is 0 Å². The van der Waals surface area contributed by atoms with Gasteiger partial charge in [0.25, 0.3) is 5.91 Å². The van der Waals surface area contributed by atoms with E-state index in [0.29, 0.717) is 29.0 Å². The van der Waals surface area contributed by atoms with E-state index in [0.717, 1.165) is 11.5 Å². The lowest BCUT2D eigenvalue weighted by molar-refractivity contribution is 0.0949. The molecule has 1 amide bonds. The molecule has 1 aromatic heterocycles. The highest BCUT2D eigenvalue weighted by molar-refractivity contribution is 8.06. The van der Waals surface area contributed by atoms with E-state index in [1.165, 1.54) is 5.75 Å². The molecule has 1 unspecified atom stereocenters. The molecule has 0 aromatic carbocycles. The number of hydrogen-bond acceptors (Lipinski definition) is 7. The zero-order valence-corrected chi connectivity index (χ0v) is 13.9. The van der Waals surface area contributed by atoms with Crippen LogP contribution >= 0.6 is 23.5 Å². The SMILES string of the molecule is CC(C)c1ncc(NN)c(C(=O)NCC2CSCCS2)n1. The van der Waals surface area contributed by atoms with Crippen LogP contribution in [-0.2, 0) is 0 Å². The van der Waals surface area contributed by atoms with Gasteiger partial charge in [0.2, 0.25) is 0 Å². The molecule has 8 heteroatoms. The van der Waals surface area contributed by atoms with Gasteiger partial charge in [0.1, 0.15) is 5.82 Å². The minimum Gasteiger partial charge on any atom is -0.349 e. The molecule has 0 bridgehead atoms. The van der Waals surface area contributed by atoms with Crippen molar-refractivity contribution in [3.05, 3.63) is 17.7 Å². The Bertz CT molecular complexity index is 491. The minimum atomic E-state index is -0.205. The predicted octanol–water partition coefficient (Wildman–Crippen LogP) is 1.46. The molecule has 1 aliphatic rings. The summed E-state index contributed by atoms with van der Waals surface area (Å²) in [7, 11) is 0. The molecule has 0 aliphatic carbocycles. The van der Waals surface area contributed by atoms with Crippen LogP contribution in [0.5, 0.6) is 0 Å². The first kappa shape index (κ1) is 16.4. The first-order chi connectivity index (χ1) is 10.1. The molecule has 6 nitrogen and oxygen atoms in total. The summed E-state index contributed by atoms with van der Waals surface area (Å²) in [5, 5.41) is 3.42. The van der Waals surface area contributed by atoms with Gasteiger partial charge in [-0.25, -0.2) is 9.97 Å². The fraction of sp³-hybridized carbons (Fsp3) is 0.615. The molecular formula is C13H21N5OS2. The predicted molar refractivity (Wildman–Crippen MR) is 89.8 cm³/mol. The highest BCUT2D eigenvalue weighted by Crippen LogP contribution is 2.23. The van der Waals surface area contributed by atoms with Gasteiger partial charge in [0.15, 0.2) is 5.69 Å². The van der Waals surface area contributed by atoms with Gasteiger partial charge in [-0.1, -0.05) is 13.8 Å². The van der Waals surface area contributed by atoms with E-state index in [1.54, 1.807) is 6.20 Å². The Morgan fingerprint density at radius 1 is 1.52 bits per heavy atom. The van der Waals surface area contributed by atoms with E-state index in [1.807, 2.05) is 37.4 Å². The maximum Gasteiger partial charge on any atom is 0.272 e. The second-order valence-electron chi connectivity index (χ2n) is 5.07. The Morgan fingerprint density at radius 2 is 2.33 bits per heavy atom. The van der Waals surface area contributed by atoms with E-state index < -0.39 is 0 Å². The average Bonchev–Trinajstić information content (AvgIpc) is 2.52. The van der Waals surface area contributed by atoms with Gasteiger partial charge in [-0.05, 0) is 0 Å². The van der Waals surface area contributed by atoms with E-state index >= 15 is 0 Å². The second-order valence-corrected chi connectivity index (χ2v) is 7.63. The molecule has 116 valence electrons. The summed E-state index contributed by atoms with van der Waals surface area (Å²) < 4.78 is 0. The fourth-order valence-corrected chi connectivity index (χ4v) is 4.51. The van der Waals surface area contributed by atoms with Gasteiger partial charge in [-0.2, -0.15) is 23.5 Å². The first-order valence-corrected chi connectivity index (χ1v) is 9.13. The number of nitrogen functional groups attached to an aromatic ring is 1. The zero-order valence-electron chi connectivity index (χ0n) is 12.3. The van der Waals surface area contributed by atoms with Crippen molar-refractivity contribution in [3.8, 4) is 0 Å². The third-order valence-corrected chi connectivity index (χ3v) is 5.91. The number of anilines is 1. The molecule has 4 N–H and O–H groups in total. The van der Waals surface area contributed by atoms with Gasteiger partial charge in [0, 0.05) is 35.0 Å². The molecular weight excluding hydrogens is 306 g/mol. The number of hydrazine groups is 1. The zero-order chi connectivity index (χ0) is 15.2. The van der Waals surface area contributed by atoms with Crippen LogP contribution in [0.1, 0.15) is 36.1 Å². The van der Waals surface area contributed by atoms with Gasteiger partial charge >= 0.3 is 0 Å². The first-order valence-electron chi connectivity index (χ1n) is 6.93. The maximum absolute atomic E-state index is 12.3. The third kappa shape index (κ3) is 4.49. The molecule has 0 spiro atoms. The molecule has 2 heterocycles. The summed E-state index contributed by atoms with van der Waals surface area (Å²) in [6, 6.07) is 0.